The summed E-state index contributed by atoms with van der Waals surface area (Å²) in [6.45, 7) is 4.32. The Hall–Kier alpha value is -0.180. The number of hydrogen-bond acceptors (Lipinski definition) is 1. The first-order valence-corrected chi connectivity index (χ1v) is 3.87. The first-order chi connectivity index (χ1) is 4.71. The van der Waals surface area contributed by atoms with Crippen LogP contribution in [0.4, 0.5) is 8.78 Å². The number of nitrogens with two attached hydrogens (primary N) is 1. The first-order valence-electron chi connectivity index (χ1n) is 3.87. The second kappa shape index (κ2) is 1.94. The molecule has 0 aromatic heterocycles. The van der Waals surface area contributed by atoms with E-state index in [-0.39, 0.29) is 0 Å². The van der Waals surface area contributed by atoms with Crippen LogP contribution in [0.1, 0.15) is 33.6 Å². The minimum atomic E-state index is -2.63. The van der Waals surface area contributed by atoms with Crippen molar-refractivity contribution in [3.05, 3.63) is 0 Å². The summed E-state index contributed by atoms with van der Waals surface area (Å²) in [6, 6.07) is 0. The fourth-order valence-electron chi connectivity index (χ4n) is 1.77. The van der Waals surface area contributed by atoms with Crippen LogP contribution in [0, 0.1) is 5.41 Å². The van der Waals surface area contributed by atoms with E-state index in [4.69, 9.17) is 5.73 Å². The van der Waals surface area contributed by atoms with Crippen molar-refractivity contribution in [3.8, 4) is 0 Å². The van der Waals surface area contributed by atoms with Crippen LogP contribution in [0.25, 0.3) is 0 Å². The van der Waals surface area contributed by atoms with Crippen molar-refractivity contribution in [2.45, 2.75) is 45.1 Å². The highest BCUT2D eigenvalue weighted by molar-refractivity contribution is 5.12. The van der Waals surface area contributed by atoms with Crippen LogP contribution in [0.2, 0.25) is 0 Å². The van der Waals surface area contributed by atoms with Crippen LogP contribution in [-0.2, 0) is 0 Å². The zero-order valence-electron chi connectivity index (χ0n) is 7.25. The molecule has 0 heterocycles. The lowest BCUT2D eigenvalue weighted by Gasteiger charge is -2.35. The maximum absolute atomic E-state index is 13.0. The van der Waals surface area contributed by atoms with E-state index in [0.29, 0.717) is 12.8 Å². The summed E-state index contributed by atoms with van der Waals surface area (Å²) in [4.78, 5) is 0. The van der Waals surface area contributed by atoms with Crippen molar-refractivity contribution < 1.29 is 8.78 Å². The molecule has 0 saturated heterocycles. The van der Waals surface area contributed by atoms with Gasteiger partial charge in [0.05, 0.1) is 5.41 Å². The van der Waals surface area contributed by atoms with Crippen molar-refractivity contribution in [3.63, 3.8) is 0 Å². The van der Waals surface area contributed by atoms with E-state index < -0.39 is 16.9 Å². The van der Waals surface area contributed by atoms with Gasteiger partial charge in [0, 0.05) is 5.54 Å². The van der Waals surface area contributed by atoms with Gasteiger partial charge in [0.15, 0.2) is 0 Å². The minimum absolute atomic E-state index is 0.556. The Balaban J connectivity index is 2.85. The van der Waals surface area contributed by atoms with E-state index in [2.05, 4.69) is 0 Å². The molecule has 2 N–H and O–H groups in total. The molecule has 0 aliphatic heterocycles. The van der Waals surface area contributed by atoms with Gasteiger partial charge in [0.1, 0.15) is 0 Å². The van der Waals surface area contributed by atoms with E-state index in [1.807, 2.05) is 0 Å². The molecular formula is C8H15F2N. The Kier molecular flexibility index (Phi) is 1.58. The van der Waals surface area contributed by atoms with Crippen LogP contribution < -0.4 is 5.73 Å². The van der Waals surface area contributed by atoms with Gasteiger partial charge in [0.2, 0.25) is 0 Å². The van der Waals surface area contributed by atoms with E-state index in [1.165, 1.54) is 0 Å². The molecule has 1 aliphatic carbocycles. The number of hydrogen-bond donors (Lipinski definition) is 1. The van der Waals surface area contributed by atoms with Crippen LogP contribution in [0.5, 0.6) is 0 Å². The van der Waals surface area contributed by atoms with Gasteiger partial charge < -0.3 is 5.73 Å². The molecule has 1 fully saturated rings. The fraction of sp³-hybridized carbons (Fsp3) is 1.00. The van der Waals surface area contributed by atoms with E-state index in [1.54, 1.807) is 13.8 Å². The van der Waals surface area contributed by atoms with Crippen molar-refractivity contribution in [2.75, 3.05) is 0 Å². The van der Waals surface area contributed by atoms with Crippen molar-refractivity contribution in [1.29, 1.82) is 0 Å². The minimum Gasteiger partial charge on any atom is -0.325 e. The zero-order chi connectivity index (χ0) is 8.91. The Morgan fingerprint density at radius 3 is 1.55 bits per heavy atom. The van der Waals surface area contributed by atoms with E-state index in [0.717, 1.165) is 6.92 Å². The summed E-state index contributed by atoms with van der Waals surface area (Å²) in [7, 11) is 0. The van der Waals surface area contributed by atoms with Gasteiger partial charge in [-0.05, 0) is 33.6 Å². The molecule has 1 aliphatic rings. The SMILES string of the molecule is CC(C)(N)C1(C(C)(F)F)CC1. The lowest BCUT2D eigenvalue weighted by molar-refractivity contribution is -0.0810. The molecule has 11 heavy (non-hydrogen) atoms. The summed E-state index contributed by atoms with van der Waals surface area (Å²) in [5.41, 5.74) is 3.99. The van der Waals surface area contributed by atoms with Gasteiger partial charge in [-0.2, -0.15) is 0 Å². The quantitative estimate of drug-likeness (QED) is 0.663. The van der Waals surface area contributed by atoms with Crippen LogP contribution in [0.15, 0.2) is 0 Å². The molecule has 0 unspecified atom stereocenters. The Bertz CT molecular complexity index is 144. The molecule has 0 atom stereocenters. The largest absolute Gasteiger partial charge is 0.325 e. The molecule has 0 spiro atoms. The standard InChI is InChI=1S/C8H15F2N/c1-6(2,11)8(4-5-8)7(3,9)10/h4-5,11H2,1-3H3. The molecule has 1 nitrogen and oxygen atoms in total. The predicted octanol–water partition coefficient (Wildman–Crippen LogP) is 2.16. The van der Waals surface area contributed by atoms with Crippen molar-refractivity contribution in [1.82, 2.24) is 0 Å². The Labute approximate surface area is 66.0 Å². The number of rotatable bonds is 2. The van der Waals surface area contributed by atoms with Crippen molar-refractivity contribution in [2.24, 2.45) is 11.1 Å². The van der Waals surface area contributed by atoms with Crippen molar-refractivity contribution >= 4 is 0 Å². The summed E-state index contributed by atoms with van der Waals surface area (Å²) < 4.78 is 26.0. The van der Waals surface area contributed by atoms with Gasteiger partial charge in [-0.15, -0.1) is 0 Å². The lowest BCUT2D eigenvalue weighted by atomic mass is 9.80. The second-order valence-corrected chi connectivity index (χ2v) is 4.19. The molecule has 1 rings (SSSR count). The number of alkyl halides is 2. The molecule has 66 valence electrons. The molecule has 0 radical (unpaired) electrons. The predicted molar refractivity (Wildman–Crippen MR) is 40.6 cm³/mol. The summed E-state index contributed by atoms with van der Waals surface area (Å²) in [5.74, 6) is -2.63. The van der Waals surface area contributed by atoms with Crippen LogP contribution in [-0.4, -0.2) is 11.5 Å². The third-order valence-electron chi connectivity index (χ3n) is 2.82. The van der Waals surface area contributed by atoms with E-state index in [9.17, 15) is 8.78 Å². The molecule has 1 saturated carbocycles. The first kappa shape index (κ1) is 8.91. The van der Waals surface area contributed by atoms with Crippen LogP contribution in [0.3, 0.4) is 0 Å². The maximum Gasteiger partial charge on any atom is 0.252 e. The van der Waals surface area contributed by atoms with Gasteiger partial charge >= 0.3 is 0 Å². The molecule has 0 aromatic carbocycles. The number of halogens is 2. The molecule has 0 bridgehead atoms. The average molecular weight is 163 g/mol. The highest BCUT2D eigenvalue weighted by Crippen LogP contribution is 2.62. The van der Waals surface area contributed by atoms with Gasteiger partial charge in [0.25, 0.3) is 5.92 Å². The lowest BCUT2D eigenvalue weighted by Crippen LogP contribution is -2.50. The third kappa shape index (κ3) is 1.15. The summed E-state index contributed by atoms with van der Waals surface area (Å²) >= 11 is 0. The Morgan fingerprint density at radius 1 is 1.18 bits per heavy atom. The fourth-order valence-corrected chi connectivity index (χ4v) is 1.77. The monoisotopic (exact) mass is 163 g/mol. The summed E-state index contributed by atoms with van der Waals surface area (Å²) in [6.07, 6.45) is 1.11. The molecular weight excluding hydrogens is 148 g/mol. The van der Waals surface area contributed by atoms with Crippen LogP contribution >= 0.6 is 0 Å². The molecule has 3 heteroatoms. The maximum atomic E-state index is 13.0. The smallest absolute Gasteiger partial charge is 0.252 e. The molecule has 0 aromatic rings. The second-order valence-electron chi connectivity index (χ2n) is 4.19. The van der Waals surface area contributed by atoms with E-state index >= 15 is 0 Å². The van der Waals surface area contributed by atoms with Gasteiger partial charge in [-0.25, -0.2) is 8.78 Å². The highest BCUT2D eigenvalue weighted by atomic mass is 19.3. The average Bonchev–Trinajstić information content (AvgIpc) is 2.31. The Morgan fingerprint density at radius 2 is 1.55 bits per heavy atom. The highest BCUT2D eigenvalue weighted by Gasteiger charge is 2.65. The zero-order valence-corrected chi connectivity index (χ0v) is 7.25. The van der Waals surface area contributed by atoms with Gasteiger partial charge in [-0.3, -0.25) is 0 Å². The summed E-state index contributed by atoms with van der Waals surface area (Å²) in [5, 5.41) is 0. The third-order valence-corrected chi connectivity index (χ3v) is 2.82. The molecule has 0 amide bonds. The van der Waals surface area contributed by atoms with Gasteiger partial charge in [-0.1, -0.05) is 0 Å². The topological polar surface area (TPSA) is 26.0 Å². The normalized spacial score (nSPS) is 23.5.